The van der Waals surface area contributed by atoms with Crippen molar-refractivity contribution in [1.82, 2.24) is 10.2 Å². The second-order valence-electron chi connectivity index (χ2n) is 15.3. The Morgan fingerprint density at radius 1 is 0.618 bits per heavy atom. The number of carbonyl (C=O) groups excluding carboxylic acids is 4. The van der Waals surface area contributed by atoms with Crippen molar-refractivity contribution >= 4 is 23.8 Å². The Bertz CT molecular complexity index is 974. The summed E-state index contributed by atoms with van der Waals surface area (Å²) >= 11 is 0. The highest BCUT2D eigenvalue weighted by Gasteiger charge is 2.31. The molecule has 1 saturated heterocycles. The Labute approximate surface area is 335 Å². The van der Waals surface area contributed by atoms with Crippen LogP contribution >= 0.6 is 0 Å². The molecule has 0 aromatic carbocycles. The molecule has 0 aromatic heterocycles. The number of allylic oxidation sites excluding steroid dienone is 2. The lowest BCUT2D eigenvalue weighted by Gasteiger charge is -2.38. The predicted molar refractivity (Wildman–Crippen MR) is 221 cm³/mol. The molecule has 0 unspecified atom stereocenters. The third kappa shape index (κ3) is 31.1. The van der Waals surface area contributed by atoms with Crippen LogP contribution < -0.4 is 5.32 Å². The minimum absolute atomic E-state index is 0.0175. The van der Waals surface area contributed by atoms with Crippen molar-refractivity contribution in [3.8, 4) is 0 Å². The molecule has 10 nitrogen and oxygen atoms in total. The molecule has 0 spiro atoms. The number of ether oxygens (including phenoxy) is 3. The summed E-state index contributed by atoms with van der Waals surface area (Å²) in [5.74, 6) is -0.471. The average molecular weight is 777 g/mol. The summed E-state index contributed by atoms with van der Waals surface area (Å²) < 4.78 is 16.6. The molecule has 1 fully saturated rings. The van der Waals surface area contributed by atoms with Gasteiger partial charge in [-0.2, -0.15) is 0 Å². The number of hydrogen-bond acceptors (Lipinski definition) is 9. The van der Waals surface area contributed by atoms with Gasteiger partial charge in [-0.05, 0) is 77.2 Å². The van der Waals surface area contributed by atoms with Crippen LogP contribution in [0.25, 0.3) is 0 Å². The van der Waals surface area contributed by atoms with Crippen LogP contribution in [0.15, 0.2) is 24.3 Å². The number of likely N-dealkylation sites (tertiary alicyclic amines) is 1. The fourth-order valence-corrected chi connectivity index (χ4v) is 6.72. The molecular formula is C45H80N2O8. The molecule has 2 N–H and O–H groups in total. The first kappa shape index (κ1) is 50.3. The van der Waals surface area contributed by atoms with Crippen LogP contribution in [0.2, 0.25) is 0 Å². The smallest absolute Gasteiger partial charge is 0.306 e. The number of rotatable bonds is 38. The van der Waals surface area contributed by atoms with E-state index in [2.05, 4.69) is 36.2 Å². The van der Waals surface area contributed by atoms with Crippen molar-refractivity contribution in [3.05, 3.63) is 24.3 Å². The Kier molecular flexibility index (Phi) is 33.7. The topological polar surface area (TPSA) is 131 Å². The van der Waals surface area contributed by atoms with Crippen LogP contribution in [-0.2, 0) is 33.4 Å². The largest absolute Gasteiger partial charge is 0.462 e. The average Bonchev–Trinajstić information content (AvgIpc) is 3.15. The van der Waals surface area contributed by atoms with Crippen LogP contribution in [0.5, 0.6) is 0 Å². The molecule has 0 aliphatic carbocycles. The van der Waals surface area contributed by atoms with Gasteiger partial charge in [-0.1, -0.05) is 115 Å². The molecule has 55 heavy (non-hydrogen) atoms. The van der Waals surface area contributed by atoms with Gasteiger partial charge in [0.15, 0.2) is 0 Å². The summed E-state index contributed by atoms with van der Waals surface area (Å²) in [7, 11) is 0. The zero-order valence-electron chi connectivity index (χ0n) is 35.1. The van der Waals surface area contributed by atoms with E-state index in [1.165, 1.54) is 51.4 Å². The van der Waals surface area contributed by atoms with Crippen molar-refractivity contribution in [1.29, 1.82) is 0 Å². The Balaban J connectivity index is 2.28. The molecule has 0 saturated carbocycles. The second-order valence-corrected chi connectivity index (χ2v) is 15.3. The molecule has 10 heteroatoms. The van der Waals surface area contributed by atoms with Gasteiger partial charge in [-0.15, -0.1) is 0 Å². The highest BCUT2D eigenvalue weighted by molar-refractivity contribution is 5.80. The molecule has 0 atom stereocenters. The van der Waals surface area contributed by atoms with E-state index in [4.69, 9.17) is 19.3 Å². The molecule has 0 radical (unpaired) electrons. The van der Waals surface area contributed by atoms with Gasteiger partial charge in [0.1, 0.15) is 19.3 Å². The molecular weight excluding hydrogens is 697 g/mol. The van der Waals surface area contributed by atoms with Gasteiger partial charge in [0.25, 0.3) is 0 Å². The van der Waals surface area contributed by atoms with E-state index < -0.39 is 0 Å². The highest BCUT2D eigenvalue weighted by atomic mass is 16.5. The zero-order chi connectivity index (χ0) is 40.0. The number of amides is 1. The summed E-state index contributed by atoms with van der Waals surface area (Å²) in [6.45, 7) is 7.50. The lowest BCUT2D eigenvalue weighted by molar-refractivity contribution is -0.150. The zero-order valence-corrected chi connectivity index (χ0v) is 35.1. The van der Waals surface area contributed by atoms with Crippen molar-refractivity contribution in [2.75, 3.05) is 46.0 Å². The SMILES string of the molecule is CCCCCC/C=C\COC(=O)CCCCCCCC(CCCCCCCC(=O)OC/C=C\CCCCCC)OC(=O)CCCN1CC(C(=O)NCCO)C1. The van der Waals surface area contributed by atoms with Crippen molar-refractivity contribution in [2.24, 2.45) is 5.92 Å². The summed E-state index contributed by atoms with van der Waals surface area (Å²) in [4.78, 5) is 51.1. The Hall–Kier alpha value is -2.72. The molecule has 0 bridgehead atoms. The van der Waals surface area contributed by atoms with E-state index in [1.807, 2.05) is 12.2 Å². The number of aliphatic hydroxyl groups excluding tert-OH is 1. The maximum atomic E-state index is 12.8. The molecule has 1 rings (SSSR count). The fourth-order valence-electron chi connectivity index (χ4n) is 6.72. The van der Waals surface area contributed by atoms with Gasteiger partial charge in [0.05, 0.1) is 12.5 Å². The minimum atomic E-state index is -0.155. The van der Waals surface area contributed by atoms with Crippen LogP contribution in [0.3, 0.4) is 0 Å². The lowest BCUT2D eigenvalue weighted by atomic mass is 9.99. The van der Waals surface area contributed by atoms with E-state index in [0.717, 1.165) is 96.4 Å². The predicted octanol–water partition coefficient (Wildman–Crippen LogP) is 9.32. The van der Waals surface area contributed by atoms with E-state index in [9.17, 15) is 19.2 Å². The van der Waals surface area contributed by atoms with Crippen LogP contribution in [-0.4, -0.2) is 85.9 Å². The van der Waals surface area contributed by atoms with Crippen molar-refractivity contribution in [2.45, 2.75) is 187 Å². The number of nitrogens with one attached hydrogen (secondary N) is 1. The first-order valence-corrected chi connectivity index (χ1v) is 22.3. The van der Waals surface area contributed by atoms with Crippen molar-refractivity contribution in [3.63, 3.8) is 0 Å². The molecule has 1 heterocycles. The second kappa shape index (κ2) is 36.9. The Morgan fingerprint density at radius 2 is 1.09 bits per heavy atom. The third-order valence-corrected chi connectivity index (χ3v) is 10.2. The van der Waals surface area contributed by atoms with Crippen LogP contribution in [0.1, 0.15) is 181 Å². The van der Waals surface area contributed by atoms with Gasteiger partial charge >= 0.3 is 17.9 Å². The van der Waals surface area contributed by atoms with Gasteiger partial charge in [-0.25, -0.2) is 0 Å². The number of carbonyl (C=O) groups is 4. The van der Waals surface area contributed by atoms with Crippen molar-refractivity contribution < 1.29 is 38.5 Å². The normalized spacial score (nSPS) is 13.5. The quantitative estimate of drug-likeness (QED) is 0.0273. The first-order valence-electron chi connectivity index (χ1n) is 22.3. The van der Waals surface area contributed by atoms with Gasteiger partial charge in [0, 0.05) is 38.9 Å². The highest BCUT2D eigenvalue weighted by Crippen LogP contribution is 2.19. The maximum Gasteiger partial charge on any atom is 0.306 e. The number of unbranched alkanes of at least 4 members (excludes halogenated alkanes) is 16. The van der Waals surface area contributed by atoms with Crippen LogP contribution in [0.4, 0.5) is 0 Å². The van der Waals surface area contributed by atoms with E-state index in [-0.39, 0.29) is 49.0 Å². The monoisotopic (exact) mass is 777 g/mol. The summed E-state index contributed by atoms with van der Waals surface area (Å²) in [6, 6.07) is 0. The van der Waals surface area contributed by atoms with Gasteiger partial charge in [0.2, 0.25) is 5.91 Å². The van der Waals surface area contributed by atoms with Crippen LogP contribution in [0, 0.1) is 5.92 Å². The van der Waals surface area contributed by atoms with E-state index in [1.54, 1.807) is 0 Å². The molecule has 0 aromatic rings. The minimum Gasteiger partial charge on any atom is -0.462 e. The molecule has 318 valence electrons. The maximum absolute atomic E-state index is 12.8. The standard InChI is InChI=1S/C45H80N2O8/c1-3-5-7-9-11-19-25-36-53-42(49)30-23-17-13-15-21-28-41(55-44(51)32-27-34-47-38-40(39-47)45(52)46-33-35-48)29-22-16-14-18-24-31-43(50)54-37-26-20-12-10-8-6-4-2/h19-20,25-26,40-41,48H,3-18,21-24,27-39H2,1-2H3,(H,46,52)/b25-19-,26-20-. The molecule has 1 aliphatic heterocycles. The fraction of sp³-hybridized carbons (Fsp3) is 0.822. The number of nitrogens with zero attached hydrogens (tertiary/aromatic N) is 1. The number of hydrogen-bond donors (Lipinski definition) is 2. The first-order chi connectivity index (χ1) is 26.9. The van der Waals surface area contributed by atoms with Gasteiger partial charge in [-0.3, -0.25) is 19.2 Å². The van der Waals surface area contributed by atoms with E-state index in [0.29, 0.717) is 52.0 Å². The number of esters is 3. The Morgan fingerprint density at radius 3 is 1.60 bits per heavy atom. The summed E-state index contributed by atoms with van der Waals surface area (Å²) in [6.07, 6.45) is 33.4. The molecule has 1 aliphatic rings. The summed E-state index contributed by atoms with van der Waals surface area (Å²) in [5.41, 5.74) is 0. The molecule has 1 amide bonds. The third-order valence-electron chi connectivity index (χ3n) is 10.2. The number of aliphatic hydroxyl groups is 1. The van der Waals surface area contributed by atoms with Gasteiger partial charge < -0.3 is 29.5 Å². The lowest BCUT2D eigenvalue weighted by Crippen LogP contribution is -2.54. The van der Waals surface area contributed by atoms with E-state index >= 15 is 0 Å². The summed E-state index contributed by atoms with van der Waals surface area (Å²) in [5, 5.41) is 11.6.